The standard InChI is InChI=1S/C23H21Cl3N4O2/c1-13(32-22-7-4-16(24)10-29-22)17-11-30(23(31)15-3-6-21(27)28-9-15)12-18(17)14-2-5-19(25)20(26)8-14/h2-10,13,17-18H,11-12H2,1H3,(H2,27,28). The topological polar surface area (TPSA) is 81.3 Å². The highest BCUT2D eigenvalue weighted by Crippen LogP contribution is 2.38. The van der Waals surface area contributed by atoms with Crippen LogP contribution >= 0.6 is 34.8 Å². The van der Waals surface area contributed by atoms with Crippen molar-refractivity contribution < 1.29 is 9.53 Å². The minimum atomic E-state index is -0.231. The van der Waals surface area contributed by atoms with Gasteiger partial charge in [0.15, 0.2) is 0 Å². The van der Waals surface area contributed by atoms with Gasteiger partial charge in [-0.1, -0.05) is 40.9 Å². The Balaban J connectivity index is 1.61. The van der Waals surface area contributed by atoms with Crippen molar-refractivity contribution in [3.05, 3.63) is 81.1 Å². The highest BCUT2D eigenvalue weighted by molar-refractivity contribution is 6.42. The number of carbonyl (C=O) groups is 1. The lowest BCUT2D eigenvalue weighted by atomic mass is 9.86. The number of nitrogens with two attached hydrogens (primary N) is 1. The zero-order valence-electron chi connectivity index (χ0n) is 17.2. The van der Waals surface area contributed by atoms with Gasteiger partial charge in [0.1, 0.15) is 11.9 Å². The number of carbonyl (C=O) groups excluding carboxylic acids is 1. The van der Waals surface area contributed by atoms with Crippen LogP contribution in [0.1, 0.15) is 28.8 Å². The van der Waals surface area contributed by atoms with Crippen LogP contribution in [0.25, 0.3) is 0 Å². The first-order chi connectivity index (χ1) is 15.3. The first kappa shape index (κ1) is 22.6. The Hall–Kier alpha value is -2.54. The number of halogens is 3. The van der Waals surface area contributed by atoms with E-state index in [9.17, 15) is 4.79 Å². The number of anilines is 1. The second-order valence-electron chi connectivity index (χ2n) is 7.76. The van der Waals surface area contributed by atoms with Crippen LogP contribution in [-0.2, 0) is 0 Å². The van der Waals surface area contributed by atoms with E-state index in [0.29, 0.717) is 45.4 Å². The molecule has 1 aliphatic heterocycles. The van der Waals surface area contributed by atoms with Crippen LogP contribution in [0.15, 0.2) is 54.9 Å². The van der Waals surface area contributed by atoms with Gasteiger partial charge in [0.25, 0.3) is 5.91 Å². The van der Waals surface area contributed by atoms with Crippen molar-refractivity contribution in [1.82, 2.24) is 14.9 Å². The van der Waals surface area contributed by atoms with Crippen molar-refractivity contribution in [2.45, 2.75) is 18.9 Å². The fourth-order valence-corrected chi connectivity index (χ4v) is 4.41. The first-order valence-corrected chi connectivity index (χ1v) is 11.2. The maximum absolute atomic E-state index is 13.2. The van der Waals surface area contributed by atoms with Crippen LogP contribution in [0.3, 0.4) is 0 Å². The molecule has 1 amide bonds. The molecule has 166 valence electrons. The van der Waals surface area contributed by atoms with E-state index in [1.54, 1.807) is 41.4 Å². The summed E-state index contributed by atoms with van der Waals surface area (Å²) in [6.07, 6.45) is 2.81. The summed E-state index contributed by atoms with van der Waals surface area (Å²) < 4.78 is 6.11. The van der Waals surface area contributed by atoms with Crippen molar-refractivity contribution in [2.24, 2.45) is 5.92 Å². The van der Waals surface area contributed by atoms with E-state index in [2.05, 4.69) is 9.97 Å². The highest BCUT2D eigenvalue weighted by atomic mass is 35.5. The Labute approximate surface area is 201 Å². The molecule has 4 rings (SSSR count). The molecule has 6 nitrogen and oxygen atoms in total. The molecule has 1 aliphatic rings. The van der Waals surface area contributed by atoms with Gasteiger partial charge in [0.2, 0.25) is 5.88 Å². The molecule has 0 radical (unpaired) electrons. The number of amides is 1. The summed E-state index contributed by atoms with van der Waals surface area (Å²) in [6, 6.07) is 12.3. The van der Waals surface area contributed by atoms with Crippen LogP contribution in [0.4, 0.5) is 5.82 Å². The van der Waals surface area contributed by atoms with Gasteiger partial charge in [-0.2, -0.15) is 0 Å². The molecule has 2 aromatic heterocycles. The van der Waals surface area contributed by atoms with Gasteiger partial charge in [0.05, 0.1) is 20.6 Å². The Bertz CT molecular complexity index is 1110. The smallest absolute Gasteiger partial charge is 0.255 e. The summed E-state index contributed by atoms with van der Waals surface area (Å²) in [7, 11) is 0. The van der Waals surface area contributed by atoms with Gasteiger partial charge < -0.3 is 15.4 Å². The Morgan fingerprint density at radius 3 is 2.53 bits per heavy atom. The maximum atomic E-state index is 13.2. The molecule has 9 heteroatoms. The number of pyridine rings is 2. The SMILES string of the molecule is CC(Oc1ccc(Cl)cn1)C1CN(C(=O)c2ccc(N)nc2)CC1c1ccc(Cl)c(Cl)c1. The van der Waals surface area contributed by atoms with Gasteiger partial charge >= 0.3 is 0 Å². The summed E-state index contributed by atoms with van der Waals surface area (Å²) in [6.45, 7) is 2.99. The van der Waals surface area contributed by atoms with Gasteiger partial charge in [-0.15, -0.1) is 0 Å². The van der Waals surface area contributed by atoms with E-state index >= 15 is 0 Å². The molecule has 0 bridgehead atoms. The average Bonchev–Trinajstić information content (AvgIpc) is 3.23. The molecule has 3 atom stereocenters. The highest BCUT2D eigenvalue weighted by Gasteiger charge is 2.40. The maximum Gasteiger partial charge on any atom is 0.255 e. The second-order valence-corrected chi connectivity index (χ2v) is 9.01. The van der Waals surface area contributed by atoms with Crippen LogP contribution in [0, 0.1) is 5.92 Å². The number of nitrogen functional groups attached to an aromatic ring is 1. The van der Waals surface area contributed by atoms with Gasteiger partial charge in [-0.25, -0.2) is 9.97 Å². The number of likely N-dealkylation sites (tertiary alicyclic amines) is 1. The molecule has 1 saturated heterocycles. The molecular formula is C23H21Cl3N4O2. The molecule has 0 saturated carbocycles. The van der Waals surface area contributed by atoms with Crippen molar-refractivity contribution in [2.75, 3.05) is 18.8 Å². The first-order valence-electron chi connectivity index (χ1n) is 10.1. The molecule has 32 heavy (non-hydrogen) atoms. The fraction of sp³-hybridized carbons (Fsp3) is 0.261. The molecule has 1 aromatic carbocycles. The average molecular weight is 492 g/mol. The molecule has 2 N–H and O–H groups in total. The van der Waals surface area contributed by atoms with E-state index in [1.165, 1.54) is 6.20 Å². The third-order valence-electron chi connectivity index (χ3n) is 5.67. The Kier molecular flexibility index (Phi) is 6.74. The third-order valence-corrected chi connectivity index (χ3v) is 6.63. The number of ether oxygens (including phenoxy) is 1. The van der Waals surface area contributed by atoms with Crippen LogP contribution in [0.2, 0.25) is 15.1 Å². The Morgan fingerprint density at radius 2 is 1.88 bits per heavy atom. The van der Waals surface area contributed by atoms with E-state index < -0.39 is 0 Å². The van der Waals surface area contributed by atoms with Crippen molar-refractivity contribution >= 4 is 46.5 Å². The number of nitrogens with zero attached hydrogens (tertiary/aromatic N) is 3. The Morgan fingerprint density at radius 1 is 1.06 bits per heavy atom. The van der Waals surface area contributed by atoms with E-state index in [0.717, 1.165) is 5.56 Å². The summed E-state index contributed by atoms with van der Waals surface area (Å²) in [5, 5.41) is 1.50. The quantitative estimate of drug-likeness (QED) is 0.521. The number of rotatable bonds is 5. The summed E-state index contributed by atoms with van der Waals surface area (Å²) in [5.41, 5.74) is 7.14. The number of hydrogen-bond acceptors (Lipinski definition) is 5. The summed E-state index contributed by atoms with van der Waals surface area (Å²) in [5.74, 6) is 0.726. The molecule has 1 fully saturated rings. The van der Waals surface area contributed by atoms with Crippen molar-refractivity contribution in [3.63, 3.8) is 0 Å². The largest absolute Gasteiger partial charge is 0.474 e. The fourth-order valence-electron chi connectivity index (χ4n) is 3.99. The predicted molar refractivity (Wildman–Crippen MR) is 127 cm³/mol. The minimum absolute atomic E-state index is 0.00208. The zero-order valence-corrected chi connectivity index (χ0v) is 19.5. The van der Waals surface area contributed by atoms with E-state index in [4.69, 9.17) is 45.3 Å². The van der Waals surface area contributed by atoms with Crippen LogP contribution < -0.4 is 10.5 Å². The molecule has 0 spiro atoms. The number of hydrogen-bond donors (Lipinski definition) is 1. The summed E-state index contributed by atoms with van der Waals surface area (Å²) in [4.78, 5) is 23.2. The lowest BCUT2D eigenvalue weighted by Gasteiger charge is -2.25. The van der Waals surface area contributed by atoms with Crippen LogP contribution in [-0.4, -0.2) is 40.0 Å². The third kappa shape index (κ3) is 4.93. The normalized spacial score (nSPS) is 19.1. The number of benzene rings is 1. The lowest BCUT2D eigenvalue weighted by molar-refractivity contribution is 0.0769. The van der Waals surface area contributed by atoms with Gasteiger partial charge in [-0.05, 0) is 42.8 Å². The van der Waals surface area contributed by atoms with Gasteiger partial charge in [0, 0.05) is 43.4 Å². The molecular weight excluding hydrogens is 471 g/mol. The summed E-state index contributed by atoms with van der Waals surface area (Å²) >= 11 is 18.3. The number of aromatic nitrogens is 2. The second kappa shape index (κ2) is 9.53. The molecule has 0 aliphatic carbocycles. The van der Waals surface area contributed by atoms with E-state index in [1.807, 2.05) is 19.1 Å². The predicted octanol–water partition coefficient (Wildman–Crippen LogP) is 5.34. The molecule has 3 aromatic rings. The monoisotopic (exact) mass is 490 g/mol. The zero-order chi connectivity index (χ0) is 22.8. The molecule has 3 heterocycles. The molecule has 3 unspecified atom stereocenters. The van der Waals surface area contributed by atoms with Crippen molar-refractivity contribution in [1.29, 1.82) is 0 Å². The lowest BCUT2D eigenvalue weighted by Crippen LogP contribution is -2.32. The van der Waals surface area contributed by atoms with Crippen LogP contribution in [0.5, 0.6) is 5.88 Å². The van der Waals surface area contributed by atoms with Crippen molar-refractivity contribution in [3.8, 4) is 5.88 Å². The van der Waals surface area contributed by atoms with E-state index in [-0.39, 0.29) is 23.8 Å². The van der Waals surface area contributed by atoms with Gasteiger partial charge in [-0.3, -0.25) is 4.79 Å². The minimum Gasteiger partial charge on any atom is -0.474 e.